The van der Waals surface area contributed by atoms with Gasteiger partial charge in [-0.25, -0.2) is 4.79 Å². The van der Waals surface area contributed by atoms with Crippen LogP contribution < -0.4 is 9.47 Å². The summed E-state index contributed by atoms with van der Waals surface area (Å²) >= 11 is 3.38. The van der Waals surface area contributed by atoms with E-state index in [0.29, 0.717) is 23.7 Å². The molecule has 0 aliphatic carbocycles. The van der Waals surface area contributed by atoms with E-state index in [4.69, 9.17) is 14.6 Å². The van der Waals surface area contributed by atoms with Crippen molar-refractivity contribution in [1.29, 1.82) is 0 Å². The number of aromatic carboxylic acids is 1. The third-order valence-electron chi connectivity index (χ3n) is 2.84. The normalized spacial score (nSPS) is 10.2. The van der Waals surface area contributed by atoms with Crippen LogP contribution in [0, 0.1) is 0 Å². The molecule has 0 aliphatic heterocycles. The molecule has 0 aromatic heterocycles. The van der Waals surface area contributed by atoms with Crippen molar-refractivity contribution in [1.82, 2.24) is 0 Å². The molecule has 2 aromatic rings. The Labute approximate surface area is 131 Å². The highest BCUT2D eigenvalue weighted by Crippen LogP contribution is 2.31. The van der Waals surface area contributed by atoms with E-state index < -0.39 is 5.97 Å². The highest BCUT2D eigenvalue weighted by atomic mass is 79.9. The summed E-state index contributed by atoms with van der Waals surface area (Å²) in [6, 6.07) is 12.2. The van der Waals surface area contributed by atoms with Crippen molar-refractivity contribution in [3.8, 4) is 11.5 Å². The van der Waals surface area contributed by atoms with Crippen molar-refractivity contribution < 1.29 is 19.4 Å². The average molecular weight is 351 g/mol. The van der Waals surface area contributed by atoms with E-state index in [2.05, 4.69) is 15.9 Å². The van der Waals surface area contributed by atoms with E-state index in [1.54, 1.807) is 30.3 Å². The van der Waals surface area contributed by atoms with E-state index in [1.807, 2.05) is 19.1 Å². The Morgan fingerprint density at radius 2 is 1.90 bits per heavy atom. The number of ether oxygens (including phenoxy) is 2. The average Bonchev–Trinajstić information content (AvgIpc) is 2.47. The smallest absolute Gasteiger partial charge is 0.336 e. The van der Waals surface area contributed by atoms with Gasteiger partial charge in [0.2, 0.25) is 0 Å². The van der Waals surface area contributed by atoms with Crippen molar-refractivity contribution >= 4 is 21.9 Å². The summed E-state index contributed by atoms with van der Waals surface area (Å²) in [6.45, 7) is 2.59. The first-order valence-electron chi connectivity index (χ1n) is 6.48. The Hall–Kier alpha value is -2.01. The van der Waals surface area contributed by atoms with Crippen LogP contribution in [0.4, 0.5) is 0 Å². The minimum atomic E-state index is -0.963. The topological polar surface area (TPSA) is 55.8 Å². The summed E-state index contributed by atoms with van der Waals surface area (Å²) in [5.41, 5.74) is 0.864. The molecule has 2 aromatic carbocycles. The molecule has 0 radical (unpaired) electrons. The number of rotatable bonds is 6. The Morgan fingerprint density at radius 3 is 2.62 bits per heavy atom. The summed E-state index contributed by atoms with van der Waals surface area (Å²) in [6.07, 6.45) is 0. The number of halogens is 1. The molecule has 0 amide bonds. The van der Waals surface area contributed by atoms with Crippen LogP contribution in [0.1, 0.15) is 22.8 Å². The van der Waals surface area contributed by atoms with Crippen LogP contribution in [-0.4, -0.2) is 17.7 Å². The number of carboxylic acid groups (broad SMARTS) is 1. The van der Waals surface area contributed by atoms with Gasteiger partial charge in [-0.3, -0.25) is 0 Å². The lowest BCUT2D eigenvalue weighted by Crippen LogP contribution is -2.06. The maximum absolute atomic E-state index is 11.2. The van der Waals surface area contributed by atoms with Crippen molar-refractivity contribution in [2.75, 3.05) is 6.61 Å². The highest BCUT2D eigenvalue weighted by molar-refractivity contribution is 9.10. The number of hydrogen-bond donors (Lipinski definition) is 1. The van der Waals surface area contributed by atoms with E-state index in [-0.39, 0.29) is 12.2 Å². The number of carboxylic acids is 1. The van der Waals surface area contributed by atoms with Crippen LogP contribution >= 0.6 is 15.9 Å². The molecule has 0 saturated heterocycles. The van der Waals surface area contributed by atoms with E-state index in [9.17, 15) is 4.79 Å². The Kier molecular flexibility index (Phi) is 5.22. The highest BCUT2D eigenvalue weighted by Gasteiger charge is 2.11. The number of benzene rings is 2. The maximum Gasteiger partial charge on any atom is 0.336 e. The van der Waals surface area contributed by atoms with Crippen molar-refractivity contribution in [3.05, 3.63) is 58.1 Å². The summed E-state index contributed by atoms with van der Waals surface area (Å²) < 4.78 is 12.1. The second kappa shape index (κ2) is 7.13. The first-order chi connectivity index (χ1) is 10.1. The molecule has 0 spiro atoms. The monoisotopic (exact) mass is 350 g/mol. The largest absolute Gasteiger partial charge is 0.490 e. The van der Waals surface area contributed by atoms with Crippen LogP contribution in [0.15, 0.2) is 46.9 Å². The molecule has 21 heavy (non-hydrogen) atoms. The molecule has 110 valence electrons. The molecule has 0 fully saturated rings. The van der Waals surface area contributed by atoms with E-state index in [0.717, 1.165) is 4.47 Å². The SMILES string of the molecule is CCOc1cc(Br)ccc1OCc1ccccc1C(=O)O. The summed E-state index contributed by atoms with van der Waals surface area (Å²) in [5.74, 6) is 0.245. The summed E-state index contributed by atoms with van der Waals surface area (Å²) in [7, 11) is 0. The zero-order chi connectivity index (χ0) is 15.2. The lowest BCUT2D eigenvalue weighted by atomic mass is 10.1. The van der Waals surface area contributed by atoms with Gasteiger partial charge in [-0.1, -0.05) is 34.1 Å². The third-order valence-corrected chi connectivity index (χ3v) is 3.33. The van der Waals surface area contributed by atoms with Crippen LogP contribution in [0.2, 0.25) is 0 Å². The summed E-state index contributed by atoms with van der Waals surface area (Å²) in [4.78, 5) is 11.2. The Bertz CT molecular complexity index is 640. The van der Waals surface area contributed by atoms with Gasteiger partial charge in [0, 0.05) is 10.0 Å². The third kappa shape index (κ3) is 3.98. The van der Waals surface area contributed by atoms with Crippen molar-refractivity contribution in [3.63, 3.8) is 0 Å². The predicted molar refractivity (Wildman–Crippen MR) is 83.0 cm³/mol. The zero-order valence-corrected chi connectivity index (χ0v) is 13.1. The molecule has 2 rings (SSSR count). The van der Waals surface area contributed by atoms with Crippen LogP contribution in [0.25, 0.3) is 0 Å². The molecule has 0 aliphatic rings. The van der Waals surface area contributed by atoms with E-state index in [1.165, 1.54) is 0 Å². The first-order valence-corrected chi connectivity index (χ1v) is 7.27. The van der Waals surface area contributed by atoms with Crippen molar-refractivity contribution in [2.45, 2.75) is 13.5 Å². The fourth-order valence-electron chi connectivity index (χ4n) is 1.88. The molecular weight excluding hydrogens is 336 g/mol. The Balaban J connectivity index is 2.19. The van der Waals surface area contributed by atoms with Crippen LogP contribution in [-0.2, 0) is 6.61 Å². The fraction of sp³-hybridized carbons (Fsp3) is 0.188. The summed E-state index contributed by atoms with van der Waals surface area (Å²) in [5, 5.41) is 9.15. The van der Waals surface area contributed by atoms with Gasteiger partial charge in [0.1, 0.15) is 6.61 Å². The van der Waals surface area contributed by atoms with E-state index >= 15 is 0 Å². The van der Waals surface area contributed by atoms with Crippen LogP contribution in [0.5, 0.6) is 11.5 Å². The second-order valence-electron chi connectivity index (χ2n) is 4.28. The van der Waals surface area contributed by atoms with Crippen LogP contribution in [0.3, 0.4) is 0 Å². The molecule has 5 heteroatoms. The van der Waals surface area contributed by atoms with Gasteiger partial charge in [-0.2, -0.15) is 0 Å². The molecule has 0 unspecified atom stereocenters. The molecule has 0 atom stereocenters. The lowest BCUT2D eigenvalue weighted by Gasteiger charge is -2.13. The lowest BCUT2D eigenvalue weighted by molar-refractivity contribution is 0.0694. The van der Waals surface area contributed by atoms with Gasteiger partial charge < -0.3 is 14.6 Å². The zero-order valence-electron chi connectivity index (χ0n) is 11.5. The van der Waals surface area contributed by atoms with Gasteiger partial charge in [-0.15, -0.1) is 0 Å². The predicted octanol–water partition coefficient (Wildman–Crippen LogP) is 4.13. The molecule has 1 N–H and O–H groups in total. The second-order valence-corrected chi connectivity index (χ2v) is 5.19. The van der Waals surface area contributed by atoms with Gasteiger partial charge in [0.15, 0.2) is 11.5 Å². The maximum atomic E-state index is 11.2. The number of hydrogen-bond acceptors (Lipinski definition) is 3. The molecule has 0 bridgehead atoms. The van der Waals surface area contributed by atoms with Gasteiger partial charge >= 0.3 is 5.97 Å². The minimum Gasteiger partial charge on any atom is -0.490 e. The fourth-order valence-corrected chi connectivity index (χ4v) is 2.22. The van der Waals surface area contributed by atoms with Gasteiger partial charge in [0.05, 0.1) is 12.2 Å². The standard InChI is InChI=1S/C16H15BrO4/c1-2-20-15-9-12(17)7-8-14(15)21-10-11-5-3-4-6-13(11)16(18)19/h3-9H,2,10H2,1H3,(H,18,19). The molecule has 0 saturated carbocycles. The Morgan fingerprint density at radius 1 is 1.14 bits per heavy atom. The van der Waals surface area contributed by atoms with Gasteiger partial charge in [0.25, 0.3) is 0 Å². The molecular formula is C16H15BrO4. The minimum absolute atomic E-state index is 0.171. The molecule has 0 heterocycles. The number of carbonyl (C=O) groups is 1. The first kappa shape index (κ1) is 15.4. The van der Waals surface area contributed by atoms with Crippen molar-refractivity contribution in [2.24, 2.45) is 0 Å². The quantitative estimate of drug-likeness (QED) is 0.850. The van der Waals surface area contributed by atoms with Gasteiger partial charge in [-0.05, 0) is 31.2 Å². The molecule has 4 nitrogen and oxygen atoms in total.